The third kappa shape index (κ3) is 5.31. The van der Waals surface area contributed by atoms with Gasteiger partial charge in [0, 0.05) is 17.2 Å². The molecule has 0 bridgehead atoms. The van der Waals surface area contributed by atoms with Crippen molar-refractivity contribution in [3.05, 3.63) is 72.8 Å². The number of nitrogens with zero attached hydrogens (tertiary/aromatic N) is 4. The number of benzene rings is 1. The molecule has 1 aliphatic carbocycles. The molecule has 1 aromatic carbocycles. The van der Waals surface area contributed by atoms with Crippen LogP contribution in [0.2, 0.25) is 5.02 Å². The van der Waals surface area contributed by atoms with Crippen LogP contribution in [0.3, 0.4) is 0 Å². The fourth-order valence-corrected chi connectivity index (χ4v) is 5.43. The number of para-hydroxylation sites is 1. The summed E-state index contributed by atoms with van der Waals surface area (Å²) in [5.74, 6) is 0.0845. The topological polar surface area (TPSA) is 178 Å². The van der Waals surface area contributed by atoms with Crippen molar-refractivity contribution in [2.45, 2.75) is 56.3 Å². The first kappa shape index (κ1) is 25.5. The second-order valence-electron chi connectivity index (χ2n) is 8.33. The lowest BCUT2D eigenvalue weighted by atomic mass is 9.93. The Kier molecular flexibility index (Phi) is 7.39. The summed E-state index contributed by atoms with van der Waals surface area (Å²) >= 11 is 6.12. The average Bonchev–Trinajstić information content (AvgIpc) is 3.02. The molecule has 35 heavy (non-hydrogen) atoms. The van der Waals surface area contributed by atoms with Crippen LogP contribution < -0.4 is 15.8 Å². The van der Waals surface area contributed by atoms with Crippen LogP contribution in [0.1, 0.15) is 32.4 Å². The van der Waals surface area contributed by atoms with Crippen LogP contribution >= 0.6 is 19.4 Å². The molecular weight excluding hydrogens is 505 g/mol. The van der Waals surface area contributed by atoms with E-state index in [0.717, 1.165) is 23.3 Å². The minimum absolute atomic E-state index is 0.0845. The van der Waals surface area contributed by atoms with Crippen LogP contribution in [-0.4, -0.2) is 45.1 Å². The van der Waals surface area contributed by atoms with Crippen molar-refractivity contribution in [2.24, 2.45) is 5.11 Å². The third-order valence-corrected chi connectivity index (χ3v) is 7.65. The highest BCUT2D eigenvalue weighted by molar-refractivity contribution is 7.49. The molecule has 1 aromatic heterocycles. The quantitative estimate of drug-likeness (QED) is 0.216. The zero-order valence-corrected chi connectivity index (χ0v) is 20.2. The highest BCUT2D eigenvalue weighted by Gasteiger charge is 2.55. The van der Waals surface area contributed by atoms with Gasteiger partial charge in [0.05, 0.1) is 23.8 Å². The number of rotatable bonds is 9. The van der Waals surface area contributed by atoms with Gasteiger partial charge in [0.1, 0.15) is 17.4 Å². The van der Waals surface area contributed by atoms with Gasteiger partial charge in [-0.05, 0) is 43.9 Å². The summed E-state index contributed by atoms with van der Waals surface area (Å²) in [6.07, 6.45) is -0.926. The van der Waals surface area contributed by atoms with Crippen molar-refractivity contribution < 1.29 is 28.0 Å². The number of halogens is 1. The van der Waals surface area contributed by atoms with E-state index in [1.807, 2.05) is 0 Å². The molecule has 2 aromatic rings. The smallest absolute Gasteiger partial charge is 0.402 e. The minimum atomic E-state index is -4.23. The number of phosphoric acid groups is 1. The maximum atomic E-state index is 13.5. The van der Waals surface area contributed by atoms with E-state index in [9.17, 15) is 19.3 Å². The minimum Gasteiger partial charge on any atom is -0.402 e. The Hall–Kier alpha value is -2.63. The summed E-state index contributed by atoms with van der Waals surface area (Å²) in [5.41, 5.74) is 5.93. The number of hydrogen-bond acceptors (Lipinski definition) is 9. The lowest BCUT2D eigenvalue weighted by molar-refractivity contribution is -0.0514. The van der Waals surface area contributed by atoms with E-state index >= 15 is 0 Å². The standard InChI is InChI=1S/C20H23ClN5O8P/c1-20(24-25-22)17(28)15(32-18(20)26-10-9-16(27)23-19(26)29)11-31-35(30,33-12-5-4-6-12)34-14-8-3-2-7-13(14)21/h2-3,7-10,12,15,17-18,28H,4-6,11H2,1H3,(H,23,27,29)/t15-,17-,18?,20-,35?/m1/s1. The maximum absolute atomic E-state index is 13.5. The van der Waals surface area contributed by atoms with E-state index in [1.165, 1.54) is 13.0 Å². The normalized spacial score (nSPS) is 28.0. The van der Waals surface area contributed by atoms with E-state index in [-0.39, 0.29) is 16.9 Å². The molecular formula is C20H23ClN5O8P. The lowest BCUT2D eigenvalue weighted by Gasteiger charge is -2.30. The first-order chi connectivity index (χ1) is 16.6. The van der Waals surface area contributed by atoms with Gasteiger partial charge in [-0.1, -0.05) is 28.8 Å². The van der Waals surface area contributed by atoms with Crippen molar-refractivity contribution in [1.29, 1.82) is 0 Å². The fourth-order valence-electron chi connectivity index (χ4n) is 3.74. The number of phosphoric ester groups is 1. The number of H-pyrrole nitrogens is 1. The van der Waals surface area contributed by atoms with E-state index in [2.05, 4.69) is 15.0 Å². The number of azide groups is 1. The summed E-state index contributed by atoms with van der Waals surface area (Å²) in [4.78, 5) is 28.6. The Bertz CT molecular complexity index is 1290. The summed E-state index contributed by atoms with van der Waals surface area (Å²) in [6, 6.07) is 7.44. The Morgan fingerprint density at radius 2 is 2.11 bits per heavy atom. The zero-order valence-electron chi connectivity index (χ0n) is 18.5. The van der Waals surface area contributed by atoms with Gasteiger partial charge < -0.3 is 14.4 Å². The molecule has 2 N–H and O–H groups in total. The van der Waals surface area contributed by atoms with Gasteiger partial charge in [0.25, 0.3) is 5.56 Å². The van der Waals surface area contributed by atoms with Crippen LogP contribution in [-0.2, 0) is 18.3 Å². The highest BCUT2D eigenvalue weighted by atomic mass is 35.5. The van der Waals surface area contributed by atoms with Crippen molar-refractivity contribution in [1.82, 2.24) is 9.55 Å². The van der Waals surface area contributed by atoms with Gasteiger partial charge >= 0.3 is 13.5 Å². The Morgan fingerprint density at radius 3 is 2.74 bits per heavy atom. The van der Waals surface area contributed by atoms with E-state index < -0.39 is 49.7 Å². The number of hydrogen-bond donors (Lipinski definition) is 2. The van der Waals surface area contributed by atoms with E-state index in [1.54, 1.807) is 18.2 Å². The molecule has 2 unspecified atom stereocenters. The van der Waals surface area contributed by atoms with Gasteiger partial charge in [-0.15, -0.1) is 0 Å². The van der Waals surface area contributed by atoms with E-state index in [4.69, 9.17) is 35.4 Å². The molecule has 2 aliphatic rings. The molecule has 5 atom stereocenters. The number of nitrogens with one attached hydrogen (secondary N) is 1. The molecule has 2 heterocycles. The molecule has 15 heteroatoms. The van der Waals surface area contributed by atoms with Gasteiger partial charge in [-0.3, -0.25) is 23.4 Å². The number of aliphatic hydroxyl groups is 1. The molecule has 0 amide bonds. The second-order valence-corrected chi connectivity index (χ2v) is 10.3. The molecule has 1 saturated carbocycles. The summed E-state index contributed by atoms with van der Waals surface area (Å²) < 4.78 is 37.0. The van der Waals surface area contributed by atoms with Crippen molar-refractivity contribution in [2.75, 3.05) is 6.61 Å². The van der Waals surface area contributed by atoms with Crippen LogP contribution in [0.5, 0.6) is 5.75 Å². The summed E-state index contributed by atoms with van der Waals surface area (Å²) in [5, 5.41) is 14.8. The largest absolute Gasteiger partial charge is 0.530 e. The van der Waals surface area contributed by atoms with Crippen molar-refractivity contribution in [3.8, 4) is 5.75 Å². The molecule has 0 radical (unpaired) electrons. The molecule has 13 nitrogen and oxygen atoms in total. The first-order valence-corrected chi connectivity index (χ1v) is 12.6. The predicted molar refractivity (Wildman–Crippen MR) is 123 cm³/mol. The average molecular weight is 528 g/mol. The number of aromatic nitrogens is 2. The van der Waals surface area contributed by atoms with Crippen molar-refractivity contribution >= 4 is 19.4 Å². The zero-order chi connectivity index (χ0) is 25.2. The predicted octanol–water partition coefficient (Wildman–Crippen LogP) is 3.29. The maximum Gasteiger partial charge on any atom is 0.530 e. The number of aromatic amines is 1. The molecule has 188 valence electrons. The Morgan fingerprint density at radius 1 is 1.37 bits per heavy atom. The monoisotopic (exact) mass is 527 g/mol. The SMILES string of the molecule is C[C@]1(N=[N+]=[N-])C(n2ccc(=O)[nH]c2=O)O[C@H](COP(=O)(Oc2ccccc2Cl)OC2CCC2)[C@H]1O. The molecule has 4 rings (SSSR count). The Balaban J connectivity index is 1.58. The first-order valence-electron chi connectivity index (χ1n) is 10.7. The highest BCUT2D eigenvalue weighted by Crippen LogP contribution is 2.54. The number of ether oxygens (including phenoxy) is 1. The van der Waals surface area contributed by atoms with Gasteiger partial charge in [-0.25, -0.2) is 9.36 Å². The van der Waals surface area contributed by atoms with Gasteiger partial charge in [0.15, 0.2) is 6.23 Å². The van der Waals surface area contributed by atoms with Crippen LogP contribution in [0.25, 0.3) is 10.4 Å². The van der Waals surface area contributed by atoms with Crippen molar-refractivity contribution in [3.63, 3.8) is 0 Å². The Labute approximate surface area is 203 Å². The summed E-state index contributed by atoms with van der Waals surface area (Å²) in [6.45, 7) is 0.880. The molecule has 1 saturated heterocycles. The van der Waals surface area contributed by atoms with Crippen LogP contribution in [0.15, 0.2) is 51.2 Å². The second kappa shape index (κ2) is 10.2. The fraction of sp³-hybridized carbons (Fsp3) is 0.500. The molecule has 0 spiro atoms. The van der Waals surface area contributed by atoms with Crippen LogP contribution in [0, 0.1) is 0 Å². The lowest BCUT2D eigenvalue weighted by Crippen LogP contribution is -2.45. The van der Waals surface area contributed by atoms with Crippen LogP contribution in [0.4, 0.5) is 0 Å². The summed E-state index contributed by atoms with van der Waals surface area (Å²) in [7, 11) is -4.23. The molecule has 1 aliphatic heterocycles. The molecule has 2 fully saturated rings. The third-order valence-electron chi connectivity index (χ3n) is 5.89. The number of aliphatic hydroxyl groups excluding tert-OH is 1. The van der Waals surface area contributed by atoms with Gasteiger partial charge in [0.2, 0.25) is 0 Å². The van der Waals surface area contributed by atoms with E-state index in [0.29, 0.717) is 12.8 Å². The van der Waals surface area contributed by atoms with Gasteiger partial charge in [-0.2, -0.15) is 0 Å².